The van der Waals surface area contributed by atoms with Crippen molar-refractivity contribution in [2.75, 3.05) is 25.6 Å². The number of halogens is 1. The van der Waals surface area contributed by atoms with Gasteiger partial charge in [0.1, 0.15) is 29.7 Å². The maximum Gasteiger partial charge on any atom is 0.386 e. The van der Waals surface area contributed by atoms with Crippen LogP contribution < -0.4 is 11.3 Å². The smallest absolute Gasteiger partial charge is 0.382 e. The van der Waals surface area contributed by atoms with E-state index in [9.17, 15) is 13.9 Å². The van der Waals surface area contributed by atoms with Crippen molar-refractivity contribution >= 4 is 72.0 Å². The van der Waals surface area contributed by atoms with Crippen LogP contribution in [0.4, 0.5) is 10.2 Å². The van der Waals surface area contributed by atoms with E-state index in [0.717, 1.165) is 0 Å². The molecule has 1 aliphatic carbocycles. The van der Waals surface area contributed by atoms with Gasteiger partial charge < -0.3 is 29.1 Å². The Morgan fingerprint density at radius 2 is 1.74 bits per heavy atom. The fourth-order valence-electron chi connectivity index (χ4n) is 6.19. The van der Waals surface area contributed by atoms with Gasteiger partial charge in [-0.05, 0) is 12.3 Å². The zero-order chi connectivity index (χ0) is 32.0. The van der Waals surface area contributed by atoms with E-state index in [1.807, 2.05) is 4.57 Å². The lowest BCUT2D eigenvalue weighted by Gasteiger charge is -2.45. The number of rotatable bonds is 2. The number of nitrogens with zero attached hydrogens (tertiary/aromatic N) is 8. The Hall–Kier alpha value is -2.87. The van der Waals surface area contributed by atoms with E-state index in [-0.39, 0.29) is 53.9 Å². The topological polar surface area (TPSA) is 218 Å². The molecule has 3 fully saturated rings. The third-order valence-electron chi connectivity index (χ3n) is 8.55. The molecule has 2 aliphatic heterocycles. The van der Waals surface area contributed by atoms with E-state index < -0.39 is 50.4 Å². The zero-order valence-corrected chi connectivity index (χ0v) is 26.9. The lowest BCUT2D eigenvalue weighted by Crippen LogP contribution is -2.43. The number of aromatic amines is 1. The second-order valence-electron chi connectivity index (χ2n) is 11.1. The van der Waals surface area contributed by atoms with E-state index in [0.29, 0.717) is 17.6 Å². The molecule has 0 radical (unpaired) electrons. The summed E-state index contributed by atoms with van der Waals surface area (Å²) >= 11 is 8.27. The molecule has 0 spiro atoms. The minimum Gasteiger partial charge on any atom is -0.382 e. The molecule has 8 rings (SSSR count). The standard InChI is InChI=1S/C23H25FN10O8P2S2/c24-14-13-6-40-43(36,45)39-5-11-10(3-12(11)33-8-29-15-18(25)27-7-28-19(15)33)4-38-44(37,46)42-17(14)22(41-13)34-9-30-16-20(34)31-23-26-1-2-32(23)21(16)35/h1-2,7-14,17,22H,3-6H2,(H,26,31)(H,36,45)(H,37,46)(H2,25,27,28)/t10-,11-,12-,13-,14-,17-,22-,43+,44+/m1/s1. The summed E-state index contributed by atoms with van der Waals surface area (Å²) < 4.78 is 75.7. The summed E-state index contributed by atoms with van der Waals surface area (Å²) in [6, 6.07) is -0.244. The highest BCUT2D eigenvalue weighted by molar-refractivity contribution is 8.44. The molecule has 2 bridgehead atoms. The fraction of sp³-hybridized carbons (Fsp3) is 0.478. The molecule has 5 aromatic heterocycles. The summed E-state index contributed by atoms with van der Waals surface area (Å²) in [5.41, 5.74) is 6.56. The van der Waals surface area contributed by atoms with Crippen LogP contribution in [0.25, 0.3) is 28.1 Å². The maximum atomic E-state index is 16.0. The number of nitrogens with two attached hydrogens (primary N) is 1. The van der Waals surface area contributed by atoms with E-state index in [2.05, 4.69) is 54.4 Å². The number of anilines is 1. The fourth-order valence-corrected chi connectivity index (χ4v) is 8.85. The van der Waals surface area contributed by atoms with Crippen LogP contribution in [0.15, 0.2) is 36.2 Å². The molecule has 9 atom stereocenters. The Morgan fingerprint density at radius 3 is 2.59 bits per heavy atom. The third kappa shape index (κ3) is 5.09. The number of fused-ring (bicyclic) bond motifs is 6. The predicted molar refractivity (Wildman–Crippen MR) is 164 cm³/mol. The largest absolute Gasteiger partial charge is 0.386 e. The molecule has 23 heteroatoms. The van der Waals surface area contributed by atoms with Gasteiger partial charge in [0.15, 0.2) is 29.4 Å². The van der Waals surface area contributed by atoms with Crippen LogP contribution in [0, 0.1) is 11.8 Å². The van der Waals surface area contributed by atoms with Crippen molar-refractivity contribution in [2.24, 2.45) is 11.8 Å². The Balaban J connectivity index is 1.10. The number of H-pyrrole nitrogens is 1. The SMILES string of the molecule is Nc1ncnc2c1ncn2[C@@H]1C[C@@H]2CO[P@](=O)(S)O[C@@H]3[C@H](F)[C@@H](CO[P@@](=O)(S)OC[C@H]21)O[C@H]3n1cnc2c(=O)n3ccnc3[nH]c21. The first-order valence-corrected chi connectivity index (χ1v) is 19.3. The molecule has 46 heavy (non-hydrogen) atoms. The van der Waals surface area contributed by atoms with E-state index in [1.165, 1.54) is 34.0 Å². The van der Waals surface area contributed by atoms with Crippen molar-refractivity contribution in [1.82, 2.24) is 43.4 Å². The van der Waals surface area contributed by atoms with E-state index >= 15 is 4.39 Å². The lowest BCUT2D eigenvalue weighted by molar-refractivity contribution is -0.0438. The third-order valence-corrected chi connectivity index (χ3v) is 11.8. The maximum absolute atomic E-state index is 16.0. The number of thiol groups is 2. The number of imidazole rings is 3. The molecule has 3 N–H and O–H groups in total. The van der Waals surface area contributed by atoms with Gasteiger partial charge in [0.25, 0.3) is 5.56 Å². The number of aromatic nitrogens is 9. The zero-order valence-electron chi connectivity index (χ0n) is 23.3. The van der Waals surface area contributed by atoms with Gasteiger partial charge in [0.2, 0.25) is 5.78 Å². The minimum atomic E-state index is -4.22. The molecule has 0 aromatic carbocycles. The van der Waals surface area contributed by atoms with Gasteiger partial charge in [-0.25, -0.2) is 42.8 Å². The molecule has 0 amide bonds. The van der Waals surface area contributed by atoms with Gasteiger partial charge in [-0.1, -0.05) is 24.5 Å². The molecule has 3 aliphatic rings. The normalized spacial score (nSPS) is 35.7. The van der Waals surface area contributed by atoms with Crippen molar-refractivity contribution in [3.05, 3.63) is 41.7 Å². The number of alkyl halides is 1. The first-order valence-electron chi connectivity index (χ1n) is 13.9. The van der Waals surface area contributed by atoms with Gasteiger partial charge >= 0.3 is 13.6 Å². The monoisotopic (exact) mass is 714 g/mol. The molecule has 7 heterocycles. The molecular formula is C23H25FN10O8P2S2. The molecule has 2 saturated heterocycles. The van der Waals surface area contributed by atoms with Gasteiger partial charge in [0, 0.05) is 24.4 Å². The van der Waals surface area contributed by atoms with Crippen LogP contribution in [0.5, 0.6) is 0 Å². The highest BCUT2D eigenvalue weighted by Gasteiger charge is 2.52. The first kappa shape index (κ1) is 30.5. The molecule has 5 aromatic rings. The van der Waals surface area contributed by atoms with E-state index in [4.69, 9.17) is 28.6 Å². The van der Waals surface area contributed by atoms with Crippen LogP contribution >= 0.6 is 38.1 Å². The van der Waals surface area contributed by atoms with Gasteiger partial charge in [-0.3, -0.25) is 18.4 Å². The van der Waals surface area contributed by atoms with Crippen molar-refractivity contribution in [3.63, 3.8) is 0 Å². The summed E-state index contributed by atoms with van der Waals surface area (Å²) in [6.07, 6.45) is 1.26. The van der Waals surface area contributed by atoms with Crippen molar-refractivity contribution < 1.29 is 36.4 Å². The second kappa shape index (κ2) is 11.1. The average Bonchev–Trinajstić information content (AvgIpc) is 3.79. The van der Waals surface area contributed by atoms with Gasteiger partial charge in [-0.15, -0.1) is 0 Å². The van der Waals surface area contributed by atoms with Crippen LogP contribution in [0.1, 0.15) is 18.7 Å². The van der Waals surface area contributed by atoms with Crippen molar-refractivity contribution in [2.45, 2.75) is 37.1 Å². The number of hydrogen-bond acceptors (Lipinski definition) is 14. The number of nitrogen functional groups attached to an aromatic ring is 1. The molecule has 1 saturated carbocycles. The Labute approximate surface area is 267 Å². The predicted octanol–water partition coefficient (Wildman–Crippen LogP) is 2.73. The highest BCUT2D eigenvalue weighted by atomic mass is 32.7. The van der Waals surface area contributed by atoms with Crippen LogP contribution in [-0.2, 0) is 32.0 Å². The quantitative estimate of drug-likeness (QED) is 0.153. The molecular weight excluding hydrogens is 689 g/mol. The molecule has 18 nitrogen and oxygen atoms in total. The Bertz CT molecular complexity index is 2140. The first-order chi connectivity index (χ1) is 22.0. The molecule has 0 unspecified atom stereocenters. The van der Waals surface area contributed by atoms with Crippen LogP contribution in [0.2, 0.25) is 0 Å². The Kier molecular flexibility index (Phi) is 7.35. The lowest BCUT2D eigenvalue weighted by atomic mass is 9.70. The average molecular weight is 715 g/mol. The van der Waals surface area contributed by atoms with Gasteiger partial charge in [0.05, 0.1) is 32.5 Å². The van der Waals surface area contributed by atoms with Gasteiger partial charge in [-0.2, -0.15) is 0 Å². The second-order valence-corrected chi connectivity index (χ2v) is 16.9. The summed E-state index contributed by atoms with van der Waals surface area (Å²) in [5, 5.41) is 0. The van der Waals surface area contributed by atoms with Crippen LogP contribution in [-0.4, -0.2) is 81.6 Å². The number of hydrogen-bond donors (Lipinski definition) is 4. The van der Waals surface area contributed by atoms with Crippen molar-refractivity contribution in [3.8, 4) is 0 Å². The summed E-state index contributed by atoms with van der Waals surface area (Å²) in [4.78, 5) is 36.8. The minimum absolute atomic E-state index is 0.0119. The number of ether oxygens (including phenoxy) is 1. The van der Waals surface area contributed by atoms with Crippen LogP contribution in [0.3, 0.4) is 0 Å². The summed E-state index contributed by atoms with van der Waals surface area (Å²) in [5.74, 6) is -0.213. The number of nitrogens with one attached hydrogen (secondary N) is 1. The van der Waals surface area contributed by atoms with Crippen molar-refractivity contribution in [1.29, 1.82) is 0 Å². The summed E-state index contributed by atoms with van der Waals surface area (Å²) in [7, 11) is 0. The Morgan fingerprint density at radius 1 is 0.978 bits per heavy atom. The van der Waals surface area contributed by atoms with E-state index in [1.54, 1.807) is 6.33 Å². The summed E-state index contributed by atoms with van der Waals surface area (Å²) in [6.45, 7) is -9.05. The molecule has 244 valence electrons. The highest BCUT2D eigenvalue weighted by Crippen LogP contribution is 2.60.